The quantitative estimate of drug-likeness (QED) is 0.914. The molecule has 1 atom stereocenters. The second-order valence-electron chi connectivity index (χ2n) is 5.21. The van der Waals surface area contributed by atoms with Crippen molar-refractivity contribution in [1.82, 2.24) is 4.90 Å². The Morgan fingerprint density at radius 1 is 1.05 bits per heavy atom. The molecule has 0 aromatic heterocycles. The molecule has 0 bridgehead atoms. The first-order valence-corrected chi connectivity index (χ1v) is 7.24. The fraction of sp³-hybridized carbons (Fsp3) is 0.278. The van der Waals surface area contributed by atoms with E-state index in [2.05, 4.69) is 36.4 Å². The number of benzene rings is 2. The summed E-state index contributed by atoms with van der Waals surface area (Å²) in [5.41, 5.74) is 8.95. The molecule has 2 aromatic rings. The van der Waals surface area contributed by atoms with Gasteiger partial charge in [-0.3, -0.25) is 4.79 Å². The molecule has 3 nitrogen and oxygen atoms in total. The van der Waals surface area contributed by atoms with Gasteiger partial charge in [-0.1, -0.05) is 54.6 Å². The summed E-state index contributed by atoms with van der Waals surface area (Å²) in [5.74, 6) is 0.0807. The number of amides is 1. The average Bonchev–Trinajstić information content (AvgIpc) is 2.54. The lowest BCUT2D eigenvalue weighted by Crippen LogP contribution is -2.31. The molecule has 0 saturated carbocycles. The van der Waals surface area contributed by atoms with Crippen LogP contribution in [0.25, 0.3) is 11.1 Å². The highest BCUT2D eigenvalue weighted by Gasteiger charge is 2.16. The van der Waals surface area contributed by atoms with Crippen molar-refractivity contribution in [2.24, 2.45) is 5.73 Å². The lowest BCUT2D eigenvalue weighted by molar-refractivity contribution is -0.131. The van der Waals surface area contributed by atoms with Crippen molar-refractivity contribution in [2.45, 2.75) is 19.4 Å². The highest BCUT2D eigenvalue weighted by atomic mass is 35.5. The monoisotopic (exact) mass is 318 g/mol. The Bertz CT molecular complexity index is 584. The molecule has 2 aromatic carbocycles. The highest BCUT2D eigenvalue weighted by molar-refractivity contribution is 5.85. The number of nitrogens with zero attached hydrogens (tertiary/aromatic N) is 1. The molecule has 1 amide bonds. The smallest absolute Gasteiger partial charge is 0.224 e. The SMILES string of the molecule is CC(c1ccc(-c2ccccc2)cc1)N(C)C(=O)CCN.Cl. The third-order valence-corrected chi connectivity index (χ3v) is 3.83. The van der Waals surface area contributed by atoms with Gasteiger partial charge in [0.25, 0.3) is 0 Å². The maximum atomic E-state index is 11.9. The molecule has 1 unspecified atom stereocenters. The molecule has 0 spiro atoms. The van der Waals surface area contributed by atoms with Crippen LogP contribution in [0.2, 0.25) is 0 Å². The molecule has 0 fully saturated rings. The van der Waals surface area contributed by atoms with Gasteiger partial charge in [-0.05, 0) is 23.6 Å². The van der Waals surface area contributed by atoms with Crippen LogP contribution in [0.5, 0.6) is 0 Å². The first kappa shape index (κ1) is 18.2. The Morgan fingerprint density at radius 3 is 2.14 bits per heavy atom. The van der Waals surface area contributed by atoms with E-state index in [1.807, 2.05) is 32.2 Å². The molecule has 22 heavy (non-hydrogen) atoms. The summed E-state index contributed by atoms with van der Waals surface area (Å²) in [4.78, 5) is 13.6. The van der Waals surface area contributed by atoms with Gasteiger partial charge in [0.2, 0.25) is 5.91 Å². The van der Waals surface area contributed by atoms with Crippen molar-refractivity contribution in [2.75, 3.05) is 13.6 Å². The van der Waals surface area contributed by atoms with E-state index < -0.39 is 0 Å². The van der Waals surface area contributed by atoms with Crippen LogP contribution in [-0.4, -0.2) is 24.4 Å². The van der Waals surface area contributed by atoms with Gasteiger partial charge in [0.1, 0.15) is 0 Å². The van der Waals surface area contributed by atoms with Gasteiger partial charge < -0.3 is 10.6 Å². The van der Waals surface area contributed by atoms with Crippen molar-refractivity contribution in [1.29, 1.82) is 0 Å². The molecule has 0 saturated heterocycles. The van der Waals surface area contributed by atoms with Crippen molar-refractivity contribution in [3.05, 3.63) is 60.2 Å². The highest BCUT2D eigenvalue weighted by Crippen LogP contribution is 2.24. The first-order chi connectivity index (χ1) is 10.1. The van der Waals surface area contributed by atoms with Crippen molar-refractivity contribution in [3.8, 4) is 11.1 Å². The summed E-state index contributed by atoms with van der Waals surface area (Å²) in [6.07, 6.45) is 0.392. The summed E-state index contributed by atoms with van der Waals surface area (Å²) in [6, 6.07) is 18.7. The molecule has 2 N–H and O–H groups in total. The van der Waals surface area contributed by atoms with Crippen LogP contribution in [0, 0.1) is 0 Å². The first-order valence-electron chi connectivity index (χ1n) is 7.24. The van der Waals surface area contributed by atoms with E-state index in [0.717, 1.165) is 5.56 Å². The lowest BCUT2D eigenvalue weighted by Gasteiger charge is -2.25. The fourth-order valence-electron chi connectivity index (χ4n) is 2.32. The molecule has 0 aliphatic rings. The Labute approximate surface area is 138 Å². The van der Waals surface area contributed by atoms with Crippen LogP contribution in [0.3, 0.4) is 0 Å². The van der Waals surface area contributed by atoms with Gasteiger partial charge in [-0.25, -0.2) is 0 Å². The zero-order valence-electron chi connectivity index (χ0n) is 13.0. The number of rotatable bonds is 5. The summed E-state index contributed by atoms with van der Waals surface area (Å²) < 4.78 is 0. The van der Waals surface area contributed by atoms with E-state index >= 15 is 0 Å². The van der Waals surface area contributed by atoms with E-state index in [1.165, 1.54) is 11.1 Å². The Kier molecular flexibility index (Phi) is 7.09. The second kappa shape index (κ2) is 8.57. The van der Waals surface area contributed by atoms with Gasteiger partial charge in [0.15, 0.2) is 0 Å². The summed E-state index contributed by atoms with van der Waals surface area (Å²) in [6.45, 7) is 2.43. The average molecular weight is 319 g/mol. The maximum absolute atomic E-state index is 11.9. The standard InChI is InChI=1S/C18H22N2O.ClH/c1-14(20(2)18(21)12-13-19)15-8-10-17(11-9-15)16-6-4-3-5-7-16;/h3-11,14H,12-13,19H2,1-2H3;1H. The predicted molar refractivity (Wildman–Crippen MR) is 94.0 cm³/mol. The largest absolute Gasteiger partial charge is 0.339 e. The molecular weight excluding hydrogens is 296 g/mol. The van der Waals surface area contributed by atoms with Crippen molar-refractivity contribution >= 4 is 18.3 Å². The number of hydrogen-bond donors (Lipinski definition) is 1. The maximum Gasteiger partial charge on any atom is 0.224 e. The number of halogens is 1. The van der Waals surface area contributed by atoms with Gasteiger partial charge >= 0.3 is 0 Å². The molecular formula is C18H23ClN2O. The molecule has 0 aliphatic heterocycles. The van der Waals surface area contributed by atoms with Crippen LogP contribution >= 0.6 is 12.4 Å². The molecule has 0 radical (unpaired) electrons. The third-order valence-electron chi connectivity index (χ3n) is 3.83. The van der Waals surface area contributed by atoms with Gasteiger partial charge in [-0.2, -0.15) is 0 Å². The topological polar surface area (TPSA) is 46.3 Å². The Balaban J connectivity index is 0.00000242. The van der Waals surface area contributed by atoms with Gasteiger partial charge in [-0.15, -0.1) is 12.4 Å². The molecule has 2 rings (SSSR count). The molecule has 118 valence electrons. The van der Waals surface area contributed by atoms with E-state index in [1.54, 1.807) is 4.90 Å². The van der Waals surface area contributed by atoms with E-state index in [4.69, 9.17) is 5.73 Å². The number of carbonyl (C=O) groups is 1. The van der Waals surface area contributed by atoms with Gasteiger partial charge in [0, 0.05) is 20.0 Å². The molecule has 0 aliphatic carbocycles. The Morgan fingerprint density at radius 2 is 1.59 bits per heavy atom. The minimum absolute atomic E-state index is 0. The number of carbonyl (C=O) groups excluding carboxylic acids is 1. The van der Waals surface area contributed by atoms with Crippen molar-refractivity contribution < 1.29 is 4.79 Å². The predicted octanol–water partition coefficient (Wildman–Crippen LogP) is 3.64. The van der Waals surface area contributed by atoms with E-state index in [-0.39, 0.29) is 24.4 Å². The zero-order chi connectivity index (χ0) is 15.2. The van der Waals surface area contributed by atoms with Crippen LogP contribution in [0.4, 0.5) is 0 Å². The van der Waals surface area contributed by atoms with Gasteiger partial charge in [0.05, 0.1) is 6.04 Å². The minimum Gasteiger partial charge on any atom is -0.339 e. The zero-order valence-corrected chi connectivity index (χ0v) is 13.8. The van der Waals surface area contributed by atoms with E-state index in [0.29, 0.717) is 13.0 Å². The van der Waals surface area contributed by atoms with E-state index in [9.17, 15) is 4.79 Å². The van der Waals surface area contributed by atoms with Crippen molar-refractivity contribution in [3.63, 3.8) is 0 Å². The second-order valence-corrected chi connectivity index (χ2v) is 5.21. The van der Waals surface area contributed by atoms with Crippen LogP contribution in [0.1, 0.15) is 24.9 Å². The summed E-state index contributed by atoms with van der Waals surface area (Å²) >= 11 is 0. The third kappa shape index (κ3) is 4.33. The van der Waals surface area contributed by atoms with Crippen LogP contribution < -0.4 is 5.73 Å². The summed E-state index contributed by atoms with van der Waals surface area (Å²) in [7, 11) is 1.83. The Hall–Kier alpha value is -1.84. The number of hydrogen-bond acceptors (Lipinski definition) is 2. The van der Waals surface area contributed by atoms with Crippen LogP contribution in [0.15, 0.2) is 54.6 Å². The molecule has 0 heterocycles. The molecule has 4 heteroatoms. The lowest BCUT2D eigenvalue weighted by atomic mass is 10.0. The van der Waals surface area contributed by atoms with Crippen LogP contribution in [-0.2, 0) is 4.79 Å². The fourth-order valence-corrected chi connectivity index (χ4v) is 2.32. The normalized spacial score (nSPS) is 11.4. The number of nitrogens with two attached hydrogens (primary N) is 1. The minimum atomic E-state index is 0. The summed E-state index contributed by atoms with van der Waals surface area (Å²) in [5, 5.41) is 0.